The number of benzene rings is 3. The Morgan fingerprint density at radius 1 is 1.08 bits per heavy atom. The first-order chi connectivity index (χ1) is 17.5. The van der Waals surface area contributed by atoms with E-state index in [1.165, 1.54) is 24.1 Å². The maximum absolute atomic E-state index is 13.7. The lowest BCUT2D eigenvalue weighted by Gasteiger charge is -2.28. The molecule has 2 aliphatic rings. The Morgan fingerprint density at radius 2 is 1.86 bits per heavy atom. The molecule has 180 valence electrons. The minimum Gasteiger partial charge on any atom is -0.497 e. The lowest BCUT2D eigenvalue weighted by atomic mass is 10.1. The molecule has 1 fully saturated rings. The summed E-state index contributed by atoms with van der Waals surface area (Å²) in [5.74, 6) is 0.291. The Labute approximate surface area is 207 Å². The van der Waals surface area contributed by atoms with Crippen molar-refractivity contribution in [3.05, 3.63) is 83.4 Å². The van der Waals surface area contributed by atoms with Gasteiger partial charge in [-0.15, -0.1) is 0 Å². The summed E-state index contributed by atoms with van der Waals surface area (Å²) in [7, 11) is 1.50. The van der Waals surface area contributed by atoms with Crippen LogP contribution in [0.15, 0.2) is 66.7 Å². The van der Waals surface area contributed by atoms with Crippen molar-refractivity contribution in [2.24, 2.45) is 0 Å². The van der Waals surface area contributed by atoms with Gasteiger partial charge in [0.15, 0.2) is 11.5 Å². The SMILES string of the molecule is COc1cccc(C(=O)N(Cc2ccc3c(c2)OCO3)C2CC(=O)N(c3ccc(C#N)cc3)C2=O)c1. The van der Waals surface area contributed by atoms with Crippen LogP contribution in [0, 0.1) is 11.3 Å². The molecule has 0 saturated carbocycles. The molecule has 36 heavy (non-hydrogen) atoms. The van der Waals surface area contributed by atoms with Crippen LogP contribution in [0.1, 0.15) is 27.9 Å². The molecule has 9 nitrogen and oxygen atoms in total. The Kier molecular flexibility index (Phi) is 6.00. The van der Waals surface area contributed by atoms with E-state index in [1.807, 2.05) is 6.07 Å². The second kappa shape index (κ2) is 9.43. The molecule has 1 atom stereocenters. The van der Waals surface area contributed by atoms with E-state index < -0.39 is 23.8 Å². The van der Waals surface area contributed by atoms with Gasteiger partial charge in [-0.2, -0.15) is 5.26 Å². The van der Waals surface area contributed by atoms with Crippen LogP contribution >= 0.6 is 0 Å². The first-order valence-electron chi connectivity index (χ1n) is 11.2. The van der Waals surface area contributed by atoms with Crippen molar-refractivity contribution in [3.8, 4) is 23.3 Å². The number of imide groups is 1. The van der Waals surface area contributed by atoms with E-state index in [1.54, 1.807) is 54.6 Å². The number of carbonyl (C=O) groups excluding carboxylic acids is 3. The van der Waals surface area contributed by atoms with Crippen LogP contribution < -0.4 is 19.1 Å². The topological polar surface area (TPSA) is 109 Å². The van der Waals surface area contributed by atoms with Gasteiger partial charge < -0.3 is 19.1 Å². The Bertz CT molecular complexity index is 1400. The molecule has 2 aliphatic heterocycles. The average molecular weight is 483 g/mol. The summed E-state index contributed by atoms with van der Waals surface area (Å²) in [4.78, 5) is 42.7. The number of anilines is 1. The number of nitrogens with zero attached hydrogens (tertiary/aromatic N) is 3. The molecule has 1 saturated heterocycles. The lowest BCUT2D eigenvalue weighted by Crippen LogP contribution is -2.45. The highest BCUT2D eigenvalue weighted by Crippen LogP contribution is 2.34. The van der Waals surface area contributed by atoms with Gasteiger partial charge in [0, 0.05) is 12.1 Å². The fraction of sp³-hybridized carbons (Fsp3) is 0.185. The van der Waals surface area contributed by atoms with Crippen LogP contribution in [0.2, 0.25) is 0 Å². The first kappa shape index (κ1) is 22.9. The van der Waals surface area contributed by atoms with Crippen molar-refractivity contribution < 1.29 is 28.6 Å². The van der Waals surface area contributed by atoms with Crippen LogP contribution in [0.4, 0.5) is 5.69 Å². The van der Waals surface area contributed by atoms with E-state index in [2.05, 4.69) is 0 Å². The minimum atomic E-state index is -1.02. The summed E-state index contributed by atoms with van der Waals surface area (Å²) in [5.41, 5.74) is 1.80. The Balaban J connectivity index is 1.49. The van der Waals surface area contributed by atoms with Crippen molar-refractivity contribution in [2.45, 2.75) is 19.0 Å². The van der Waals surface area contributed by atoms with Crippen LogP contribution in [-0.4, -0.2) is 42.6 Å². The zero-order valence-corrected chi connectivity index (χ0v) is 19.3. The molecular weight excluding hydrogens is 462 g/mol. The lowest BCUT2D eigenvalue weighted by molar-refractivity contribution is -0.122. The maximum atomic E-state index is 13.7. The number of fused-ring (bicyclic) bond motifs is 1. The predicted molar refractivity (Wildman–Crippen MR) is 127 cm³/mol. The van der Waals surface area contributed by atoms with E-state index in [0.29, 0.717) is 39.6 Å². The van der Waals surface area contributed by atoms with Crippen molar-refractivity contribution in [2.75, 3.05) is 18.8 Å². The van der Waals surface area contributed by atoms with Crippen molar-refractivity contribution in [1.82, 2.24) is 4.90 Å². The van der Waals surface area contributed by atoms with Crippen LogP contribution in [0.25, 0.3) is 0 Å². The number of rotatable bonds is 6. The van der Waals surface area contributed by atoms with Gasteiger partial charge >= 0.3 is 0 Å². The summed E-state index contributed by atoms with van der Waals surface area (Å²) in [5, 5.41) is 9.05. The zero-order chi connectivity index (χ0) is 25.2. The molecule has 0 bridgehead atoms. The Hall–Kier alpha value is -4.84. The molecular formula is C27H21N3O6. The standard InChI is InChI=1S/C27H21N3O6/c1-34-21-4-2-3-19(12-21)26(32)29(15-18-7-10-23-24(11-18)36-16-35-23)22-13-25(31)30(27(22)33)20-8-5-17(14-28)6-9-20/h2-12,22H,13,15-16H2,1H3. The minimum absolute atomic E-state index is 0.0670. The van der Waals surface area contributed by atoms with Gasteiger partial charge in [-0.25, -0.2) is 4.90 Å². The third-order valence-corrected chi connectivity index (χ3v) is 6.12. The molecule has 0 spiro atoms. The maximum Gasteiger partial charge on any atom is 0.257 e. The molecule has 3 aromatic rings. The third kappa shape index (κ3) is 4.20. The fourth-order valence-corrected chi connectivity index (χ4v) is 4.30. The molecule has 0 aromatic heterocycles. The highest BCUT2D eigenvalue weighted by molar-refractivity contribution is 6.23. The van der Waals surface area contributed by atoms with Crippen LogP contribution in [0.5, 0.6) is 17.2 Å². The largest absolute Gasteiger partial charge is 0.497 e. The van der Waals surface area contributed by atoms with Gasteiger partial charge in [0.25, 0.3) is 11.8 Å². The van der Waals surface area contributed by atoms with Gasteiger partial charge in [-0.3, -0.25) is 14.4 Å². The summed E-state index contributed by atoms with van der Waals surface area (Å²) < 4.78 is 16.1. The summed E-state index contributed by atoms with van der Waals surface area (Å²) in [6.07, 6.45) is -0.168. The molecule has 9 heteroatoms. The van der Waals surface area contributed by atoms with E-state index in [-0.39, 0.29) is 19.8 Å². The molecule has 3 aromatic carbocycles. The second-order valence-corrected chi connectivity index (χ2v) is 8.30. The predicted octanol–water partition coefficient (Wildman–Crippen LogP) is 3.27. The van der Waals surface area contributed by atoms with E-state index in [0.717, 1.165) is 4.90 Å². The highest BCUT2D eigenvalue weighted by atomic mass is 16.7. The summed E-state index contributed by atoms with van der Waals surface area (Å²) in [6, 6.07) is 19.1. The summed E-state index contributed by atoms with van der Waals surface area (Å²) >= 11 is 0. The molecule has 1 unspecified atom stereocenters. The van der Waals surface area contributed by atoms with Gasteiger partial charge in [-0.05, 0) is 60.2 Å². The average Bonchev–Trinajstić information content (AvgIpc) is 3.50. The second-order valence-electron chi connectivity index (χ2n) is 8.30. The third-order valence-electron chi connectivity index (χ3n) is 6.12. The normalized spacial score (nSPS) is 16.1. The molecule has 3 amide bonds. The quantitative estimate of drug-likeness (QED) is 0.495. The molecule has 0 aliphatic carbocycles. The van der Waals surface area contributed by atoms with E-state index in [4.69, 9.17) is 19.5 Å². The van der Waals surface area contributed by atoms with E-state index >= 15 is 0 Å². The molecule has 5 rings (SSSR count). The number of hydrogen-bond donors (Lipinski definition) is 0. The number of hydrogen-bond acceptors (Lipinski definition) is 7. The Morgan fingerprint density at radius 3 is 2.61 bits per heavy atom. The van der Waals surface area contributed by atoms with E-state index in [9.17, 15) is 14.4 Å². The molecule has 2 heterocycles. The fourth-order valence-electron chi connectivity index (χ4n) is 4.30. The van der Waals surface area contributed by atoms with Crippen molar-refractivity contribution >= 4 is 23.4 Å². The molecule has 0 N–H and O–H groups in total. The van der Waals surface area contributed by atoms with Crippen LogP contribution in [-0.2, 0) is 16.1 Å². The van der Waals surface area contributed by atoms with Crippen molar-refractivity contribution in [1.29, 1.82) is 5.26 Å². The number of ether oxygens (including phenoxy) is 3. The number of methoxy groups -OCH3 is 1. The molecule has 0 radical (unpaired) electrons. The van der Waals surface area contributed by atoms with Crippen LogP contribution in [0.3, 0.4) is 0 Å². The number of nitriles is 1. The number of amides is 3. The van der Waals surface area contributed by atoms with Crippen molar-refractivity contribution in [3.63, 3.8) is 0 Å². The van der Waals surface area contributed by atoms with Gasteiger partial charge in [0.2, 0.25) is 12.7 Å². The summed E-state index contributed by atoms with van der Waals surface area (Å²) in [6.45, 7) is 0.179. The first-order valence-corrected chi connectivity index (χ1v) is 11.2. The van der Waals surface area contributed by atoms with Gasteiger partial charge in [0.05, 0.1) is 30.9 Å². The smallest absolute Gasteiger partial charge is 0.257 e. The zero-order valence-electron chi connectivity index (χ0n) is 19.3. The monoisotopic (exact) mass is 483 g/mol. The highest BCUT2D eigenvalue weighted by Gasteiger charge is 2.44. The van der Waals surface area contributed by atoms with Gasteiger partial charge in [-0.1, -0.05) is 12.1 Å². The van der Waals surface area contributed by atoms with Gasteiger partial charge in [0.1, 0.15) is 11.8 Å². The number of carbonyl (C=O) groups is 3.